The van der Waals surface area contributed by atoms with Crippen molar-refractivity contribution in [2.75, 3.05) is 22.4 Å². The van der Waals surface area contributed by atoms with Gasteiger partial charge in [-0.05, 0) is 50.6 Å². The number of anilines is 2. The van der Waals surface area contributed by atoms with E-state index in [1.54, 1.807) is 47.9 Å². The van der Waals surface area contributed by atoms with Crippen LogP contribution in [0.1, 0.15) is 25.5 Å². The summed E-state index contributed by atoms with van der Waals surface area (Å²) in [7, 11) is -3.64. The van der Waals surface area contributed by atoms with Crippen molar-refractivity contribution in [2.45, 2.75) is 26.8 Å². The average Bonchev–Trinajstić information content (AvgIpc) is 2.94. The molecule has 29 heavy (non-hydrogen) atoms. The molecule has 154 valence electrons. The molecule has 3 rings (SSSR count). The number of benzene rings is 2. The number of nitrogens with one attached hydrogen (secondary N) is 1. The van der Waals surface area contributed by atoms with E-state index in [2.05, 4.69) is 5.32 Å². The van der Waals surface area contributed by atoms with E-state index in [0.29, 0.717) is 11.4 Å². The van der Waals surface area contributed by atoms with Crippen molar-refractivity contribution in [3.05, 3.63) is 57.7 Å². The average molecular weight is 434 g/mol. The van der Waals surface area contributed by atoms with Crippen molar-refractivity contribution in [2.24, 2.45) is 0 Å². The van der Waals surface area contributed by atoms with Crippen LogP contribution in [0.2, 0.25) is 0 Å². The Balaban J connectivity index is 1.85. The van der Waals surface area contributed by atoms with Crippen LogP contribution in [0.15, 0.2) is 47.3 Å². The van der Waals surface area contributed by atoms with Gasteiger partial charge in [0.1, 0.15) is 6.54 Å². The highest BCUT2D eigenvalue weighted by molar-refractivity contribution is 7.92. The van der Waals surface area contributed by atoms with Crippen LogP contribution in [0.3, 0.4) is 0 Å². The van der Waals surface area contributed by atoms with Crippen LogP contribution in [-0.2, 0) is 14.8 Å². The summed E-state index contributed by atoms with van der Waals surface area (Å²) < 4.78 is 28.1. The minimum atomic E-state index is -3.64. The SMILES string of the molecule is Cc1ccccc1N(CC(=O)Nc1ccc2c(c1)sc(=O)n2C(C)C)S(C)(=O)=O. The lowest BCUT2D eigenvalue weighted by Crippen LogP contribution is -2.37. The monoisotopic (exact) mass is 433 g/mol. The first-order valence-electron chi connectivity index (χ1n) is 9.06. The van der Waals surface area contributed by atoms with Gasteiger partial charge < -0.3 is 5.32 Å². The van der Waals surface area contributed by atoms with E-state index in [0.717, 1.165) is 37.7 Å². The van der Waals surface area contributed by atoms with Crippen molar-refractivity contribution < 1.29 is 13.2 Å². The molecule has 2 aromatic carbocycles. The van der Waals surface area contributed by atoms with Gasteiger partial charge in [-0.25, -0.2) is 8.42 Å². The molecule has 0 spiro atoms. The van der Waals surface area contributed by atoms with Crippen molar-refractivity contribution in [1.82, 2.24) is 4.57 Å². The molecule has 0 bridgehead atoms. The number of rotatable bonds is 6. The van der Waals surface area contributed by atoms with Crippen molar-refractivity contribution in [3.8, 4) is 0 Å². The maximum atomic E-state index is 12.6. The molecule has 1 heterocycles. The number of thiazole rings is 1. The molecule has 9 heteroatoms. The van der Waals surface area contributed by atoms with Gasteiger partial charge >= 0.3 is 4.87 Å². The van der Waals surface area contributed by atoms with Crippen LogP contribution in [0, 0.1) is 6.92 Å². The molecule has 0 fully saturated rings. The van der Waals surface area contributed by atoms with Gasteiger partial charge in [-0.1, -0.05) is 29.5 Å². The van der Waals surface area contributed by atoms with Crippen molar-refractivity contribution in [1.29, 1.82) is 0 Å². The lowest BCUT2D eigenvalue weighted by atomic mass is 10.2. The molecule has 7 nitrogen and oxygen atoms in total. The van der Waals surface area contributed by atoms with E-state index in [9.17, 15) is 18.0 Å². The topological polar surface area (TPSA) is 88.5 Å². The molecular formula is C20H23N3O4S2. The summed E-state index contributed by atoms with van der Waals surface area (Å²) in [6.45, 7) is 5.33. The fraction of sp³-hybridized carbons (Fsp3) is 0.300. The summed E-state index contributed by atoms with van der Waals surface area (Å²) in [5.41, 5.74) is 2.54. The zero-order valence-corrected chi connectivity index (χ0v) is 18.3. The first kappa shape index (κ1) is 21.1. The number of carbonyl (C=O) groups excluding carboxylic acids is 1. The first-order chi connectivity index (χ1) is 13.6. The molecule has 1 amide bonds. The molecular weight excluding hydrogens is 410 g/mol. The summed E-state index contributed by atoms with van der Waals surface area (Å²) in [4.78, 5) is 24.7. The van der Waals surface area contributed by atoms with E-state index in [4.69, 9.17) is 0 Å². The summed E-state index contributed by atoms with van der Waals surface area (Å²) in [6.07, 6.45) is 1.07. The number of para-hydroxylation sites is 1. The summed E-state index contributed by atoms with van der Waals surface area (Å²) in [6, 6.07) is 12.3. The van der Waals surface area contributed by atoms with Crippen LogP contribution in [0.25, 0.3) is 10.2 Å². The van der Waals surface area contributed by atoms with Gasteiger partial charge in [-0.2, -0.15) is 0 Å². The molecule has 0 saturated heterocycles. The molecule has 0 atom stereocenters. The summed E-state index contributed by atoms with van der Waals surface area (Å²) in [5.74, 6) is -0.464. The Labute approximate surface area is 173 Å². The van der Waals surface area contributed by atoms with Crippen molar-refractivity contribution in [3.63, 3.8) is 0 Å². The number of nitrogens with zero attached hydrogens (tertiary/aromatic N) is 2. The van der Waals surface area contributed by atoms with Gasteiger partial charge in [-0.3, -0.25) is 18.5 Å². The second-order valence-electron chi connectivity index (χ2n) is 7.12. The highest BCUT2D eigenvalue weighted by Crippen LogP contribution is 2.25. The zero-order valence-electron chi connectivity index (χ0n) is 16.7. The third-order valence-corrected chi connectivity index (χ3v) is 6.53. The van der Waals surface area contributed by atoms with E-state index in [-0.39, 0.29) is 17.5 Å². The van der Waals surface area contributed by atoms with Crippen LogP contribution < -0.4 is 14.5 Å². The highest BCUT2D eigenvalue weighted by Gasteiger charge is 2.22. The number of carbonyl (C=O) groups is 1. The first-order valence-corrected chi connectivity index (χ1v) is 11.7. The smallest absolute Gasteiger partial charge is 0.308 e. The van der Waals surface area contributed by atoms with Crippen LogP contribution in [-0.4, -0.2) is 31.7 Å². The number of sulfonamides is 1. The third-order valence-electron chi connectivity index (χ3n) is 4.49. The van der Waals surface area contributed by atoms with Gasteiger partial charge in [0.15, 0.2) is 0 Å². The van der Waals surface area contributed by atoms with Crippen LogP contribution >= 0.6 is 11.3 Å². The molecule has 1 N–H and O–H groups in total. The molecule has 0 aliphatic carbocycles. The maximum absolute atomic E-state index is 12.6. The number of hydrogen-bond acceptors (Lipinski definition) is 5. The Bertz CT molecular complexity index is 1230. The number of aromatic nitrogens is 1. The van der Waals surface area contributed by atoms with Crippen molar-refractivity contribution >= 4 is 48.9 Å². The van der Waals surface area contributed by atoms with Gasteiger partial charge in [0.25, 0.3) is 0 Å². The van der Waals surface area contributed by atoms with Gasteiger partial charge in [0.2, 0.25) is 15.9 Å². The van der Waals surface area contributed by atoms with Gasteiger partial charge in [0.05, 0.1) is 22.2 Å². The zero-order chi connectivity index (χ0) is 21.3. The second kappa shape index (κ2) is 8.00. The predicted molar refractivity (Wildman–Crippen MR) is 118 cm³/mol. The molecule has 0 saturated carbocycles. The normalized spacial score (nSPS) is 11.8. The fourth-order valence-electron chi connectivity index (χ4n) is 3.16. The minimum absolute atomic E-state index is 0.0362. The van der Waals surface area contributed by atoms with E-state index >= 15 is 0 Å². The lowest BCUT2D eigenvalue weighted by molar-refractivity contribution is -0.114. The largest absolute Gasteiger partial charge is 0.324 e. The molecule has 0 unspecified atom stereocenters. The summed E-state index contributed by atoms with van der Waals surface area (Å²) >= 11 is 1.12. The number of fused-ring (bicyclic) bond motifs is 1. The third kappa shape index (κ3) is 4.51. The van der Waals surface area contributed by atoms with Crippen LogP contribution in [0.4, 0.5) is 11.4 Å². The van der Waals surface area contributed by atoms with Gasteiger partial charge in [0, 0.05) is 11.7 Å². The Kier molecular flexibility index (Phi) is 5.81. The lowest BCUT2D eigenvalue weighted by Gasteiger charge is -2.23. The molecule has 0 aliphatic heterocycles. The second-order valence-corrected chi connectivity index (χ2v) is 10.0. The van der Waals surface area contributed by atoms with Gasteiger partial charge in [-0.15, -0.1) is 0 Å². The quantitative estimate of drug-likeness (QED) is 0.646. The summed E-state index contributed by atoms with van der Waals surface area (Å²) in [5, 5.41) is 2.73. The molecule has 1 aromatic heterocycles. The Morgan fingerprint density at radius 3 is 2.52 bits per heavy atom. The minimum Gasteiger partial charge on any atom is -0.324 e. The fourth-order valence-corrected chi connectivity index (χ4v) is 5.12. The van der Waals surface area contributed by atoms with Crippen LogP contribution in [0.5, 0.6) is 0 Å². The molecule has 0 aliphatic rings. The number of hydrogen-bond donors (Lipinski definition) is 1. The molecule has 3 aromatic rings. The predicted octanol–water partition coefficient (Wildman–Crippen LogP) is 3.36. The van der Waals surface area contributed by atoms with E-state index in [1.165, 1.54) is 0 Å². The number of aryl methyl sites for hydroxylation is 1. The Morgan fingerprint density at radius 1 is 1.21 bits per heavy atom. The standard InChI is InChI=1S/C20H23N3O4S2/c1-13(2)23-17-10-9-15(11-18(17)28-20(23)25)21-19(24)12-22(29(4,26)27)16-8-6-5-7-14(16)3/h5-11,13H,12H2,1-4H3,(H,21,24). The maximum Gasteiger partial charge on any atom is 0.308 e. The Hall–Kier alpha value is -2.65. The molecule has 0 radical (unpaired) electrons. The van der Waals surface area contributed by atoms with E-state index in [1.807, 2.05) is 19.9 Å². The van der Waals surface area contributed by atoms with E-state index < -0.39 is 15.9 Å². The number of amides is 1. The Morgan fingerprint density at radius 2 is 1.90 bits per heavy atom. The highest BCUT2D eigenvalue weighted by atomic mass is 32.2.